The van der Waals surface area contributed by atoms with E-state index >= 15 is 0 Å². The normalized spacial score (nSPS) is 25.2. The van der Waals surface area contributed by atoms with Crippen molar-refractivity contribution >= 4 is 11.1 Å². The summed E-state index contributed by atoms with van der Waals surface area (Å²) in [5, 5.41) is 42.6. The number of allylic oxidation sites excluding steroid dienone is 2. The Hall–Kier alpha value is -4.16. The molecule has 0 atom stereocenters. The molecule has 384 valence electrons. The molecule has 0 amide bonds. The lowest BCUT2D eigenvalue weighted by Gasteiger charge is -2.38. The summed E-state index contributed by atoms with van der Waals surface area (Å²) in [4.78, 5) is 0. The van der Waals surface area contributed by atoms with Gasteiger partial charge in [0.25, 0.3) is 0 Å². The van der Waals surface area contributed by atoms with Gasteiger partial charge in [0.15, 0.2) is 0 Å². The highest BCUT2D eigenvalue weighted by atomic mass is 16.5. The van der Waals surface area contributed by atoms with Crippen LogP contribution in [0, 0.1) is 92.7 Å². The molecule has 4 aliphatic carbocycles. The van der Waals surface area contributed by atoms with Crippen molar-refractivity contribution in [3.63, 3.8) is 0 Å². The third-order valence-corrected chi connectivity index (χ3v) is 18.6. The number of ether oxygens (including phenoxy) is 1. The van der Waals surface area contributed by atoms with Crippen LogP contribution in [0.25, 0.3) is 11.1 Å². The van der Waals surface area contributed by atoms with Gasteiger partial charge in [0.2, 0.25) is 0 Å². The first-order valence-electron chi connectivity index (χ1n) is 29.8. The Morgan fingerprint density at radius 1 is 0.423 bits per heavy atom. The average Bonchev–Trinajstić information content (AvgIpc) is 3.41. The molecule has 2 aromatic rings. The zero-order valence-electron chi connectivity index (χ0n) is 45.3. The molecule has 4 saturated carbocycles. The molecule has 71 heavy (non-hydrogen) atoms. The molecular formula is C66H94N4O. The molecule has 0 aliphatic heterocycles. The molecule has 0 N–H and O–H groups in total. The number of hydrogen-bond acceptors (Lipinski definition) is 5. The lowest BCUT2D eigenvalue weighted by Crippen LogP contribution is -2.26. The van der Waals surface area contributed by atoms with Crippen LogP contribution in [0.4, 0.5) is 0 Å². The van der Waals surface area contributed by atoms with Crippen LogP contribution in [-0.4, -0.2) is 13.2 Å². The summed E-state index contributed by atoms with van der Waals surface area (Å²) < 4.78 is 6.63. The Kier molecular flexibility index (Phi) is 24.3. The molecule has 4 aliphatic rings. The number of hydrogen-bond donors (Lipinski definition) is 0. The van der Waals surface area contributed by atoms with Crippen LogP contribution >= 0.6 is 0 Å². The van der Waals surface area contributed by atoms with E-state index in [0.29, 0.717) is 47.3 Å². The highest BCUT2D eigenvalue weighted by Crippen LogP contribution is 2.48. The van der Waals surface area contributed by atoms with Gasteiger partial charge in [0.05, 0.1) is 35.5 Å². The summed E-state index contributed by atoms with van der Waals surface area (Å²) >= 11 is 0. The first-order valence-corrected chi connectivity index (χ1v) is 29.8. The molecule has 5 nitrogen and oxygen atoms in total. The van der Waals surface area contributed by atoms with Crippen molar-refractivity contribution in [1.82, 2.24) is 0 Å². The van der Waals surface area contributed by atoms with Crippen LogP contribution in [0.2, 0.25) is 0 Å². The highest BCUT2D eigenvalue weighted by Gasteiger charge is 2.35. The van der Waals surface area contributed by atoms with Gasteiger partial charge in [-0.05, 0) is 183 Å². The second-order valence-electron chi connectivity index (χ2n) is 23.0. The zero-order valence-corrected chi connectivity index (χ0v) is 45.3. The van der Waals surface area contributed by atoms with Crippen LogP contribution in [0.5, 0.6) is 0 Å². The standard InChI is InChI=1S/C66H94N4O/c1-5-9-13-17-49-21-25-51(26-22-49)53-29-33-57(34-30-53)59(61-39-37-55(19-15-11-7-3)63(45-67)65(61)47-69)41-43-71-44-42-60(62-40-38-56(20-16-12-8-4)64(46-68)66(62)48-70)58-35-31-54(32-36-58)52-27-23-50(24-28-52)18-14-10-6-2/h37-42,49-54,57-58H,5-36,43-44H2,1-4H3/t49-,50-,51-,52-,53-,54-,57-,58-. The van der Waals surface area contributed by atoms with Crippen molar-refractivity contribution in [1.29, 1.82) is 21.0 Å². The fourth-order valence-corrected chi connectivity index (χ4v) is 14.2. The third kappa shape index (κ3) is 15.9. The molecule has 0 spiro atoms. The van der Waals surface area contributed by atoms with Crippen molar-refractivity contribution in [2.75, 3.05) is 13.2 Å². The number of rotatable bonds is 26. The minimum absolute atomic E-state index is 0.320. The van der Waals surface area contributed by atoms with Gasteiger partial charge in [-0.2, -0.15) is 21.0 Å². The molecule has 0 aromatic heterocycles. The van der Waals surface area contributed by atoms with Gasteiger partial charge < -0.3 is 4.74 Å². The van der Waals surface area contributed by atoms with Gasteiger partial charge in [-0.25, -0.2) is 0 Å². The first kappa shape index (κ1) is 56.1. The smallest absolute Gasteiger partial charge is 0.101 e. The van der Waals surface area contributed by atoms with Gasteiger partial charge in [-0.3, -0.25) is 0 Å². The molecule has 0 heterocycles. The summed E-state index contributed by atoms with van der Waals surface area (Å²) in [5.41, 5.74) is 8.35. The minimum atomic E-state index is 0.320. The van der Waals surface area contributed by atoms with Crippen LogP contribution in [0.15, 0.2) is 36.4 Å². The molecule has 5 heteroatoms. The summed E-state index contributed by atoms with van der Waals surface area (Å²) in [5.74, 6) is 5.75. The van der Waals surface area contributed by atoms with E-state index in [-0.39, 0.29) is 0 Å². The van der Waals surface area contributed by atoms with Crippen molar-refractivity contribution in [2.45, 2.75) is 233 Å². The van der Waals surface area contributed by atoms with Crippen molar-refractivity contribution < 1.29 is 4.74 Å². The second kappa shape index (κ2) is 30.8. The number of nitrogens with zero attached hydrogens (tertiary/aromatic N) is 4. The quantitative estimate of drug-likeness (QED) is 0.0874. The van der Waals surface area contributed by atoms with E-state index in [2.05, 4.69) is 88.4 Å². The second-order valence-corrected chi connectivity index (χ2v) is 23.0. The van der Waals surface area contributed by atoms with E-state index in [1.54, 1.807) is 0 Å². The van der Waals surface area contributed by atoms with E-state index in [1.807, 2.05) is 0 Å². The fourth-order valence-electron chi connectivity index (χ4n) is 14.2. The molecular weight excluding hydrogens is 865 g/mol. The fraction of sp³-hybridized carbons (Fsp3) is 0.697. The Labute approximate surface area is 433 Å². The summed E-state index contributed by atoms with van der Waals surface area (Å²) in [7, 11) is 0. The SMILES string of the molecule is CCCCCc1ccc(C(=CCOCC=C(c2ccc(CCCCC)c(C#N)c2C#N)[C@H]2CC[C@H]([C@H]3CC[C@H](CCCCC)CC3)CC2)[C@H]2CC[C@H]([C@H]3CC[C@H](CCCCC)CC3)CC2)c(C#N)c1C#N. The maximum Gasteiger partial charge on any atom is 0.101 e. The van der Waals surface area contributed by atoms with Gasteiger partial charge in [-0.1, -0.05) is 167 Å². The van der Waals surface area contributed by atoms with Gasteiger partial charge in [-0.15, -0.1) is 0 Å². The molecule has 0 bridgehead atoms. The van der Waals surface area contributed by atoms with Gasteiger partial charge in [0, 0.05) is 0 Å². The highest BCUT2D eigenvalue weighted by molar-refractivity contribution is 5.77. The Bertz CT molecular complexity index is 2000. The van der Waals surface area contributed by atoms with E-state index in [1.165, 1.54) is 140 Å². The average molecular weight is 960 g/mol. The maximum absolute atomic E-state index is 10.8. The lowest BCUT2D eigenvalue weighted by atomic mass is 9.67. The third-order valence-electron chi connectivity index (χ3n) is 18.6. The van der Waals surface area contributed by atoms with Crippen LogP contribution in [0.1, 0.15) is 265 Å². The largest absolute Gasteiger partial charge is 0.373 e. The Balaban J connectivity index is 1.22. The first-order chi connectivity index (χ1) is 34.9. The summed E-state index contributed by atoms with van der Waals surface area (Å²) in [6.45, 7) is 9.83. The molecule has 0 radical (unpaired) electrons. The Morgan fingerprint density at radius 3 is 1.07 bits per heavy atom. The number of aryl methyl sites for hydroxylation is 2. The van der Waals surface area contributed by atoms with E-state index in [9.17, 15) is 21.0 Å². The molecule has 4 fully saturated rings. The zero-order chi connectivity index (χ0) is 50.2. The molecule has 6 rings (SSSR count). The van der Waals surface area contributed by atoms with Crippen LogP contribution < -0.4 is 0 Å². The maximum atomic E-state index is 10.8. The van der Waals surface area contributed by atoms with Crippen molar-refractivity contribution in [2.24, 2.45) is 47.3 Å². The predicted octanol–water partition coefficient (Wildman–Crippen LogP) is 18.5. The number of nitriles is 4. The lowest BCUT2D eigenvalue weighted by molar-refractivity contribution is 0.152. The summed E-state index contributed by atoms with van der Waals surface area (Å²) in [6.07, 6.45) is 44.1. The minimum Gasteiger partial charge on any atom is -0.373 e. The van der Waals surface area contributed by atoms with Gasteiger partial charge in [0.1, 0.15) is 24.3 Å². The Morgan fingerprint density at radius 2 is 0.746 bits per heavy atom. The topological polar surface area (TPSA) is 104 Å². The molecule has 2 aromatic carbocycles. The van der Waals surface area contributed by atoms with E-state index in [0.717, 1.165) is 135 Å². The van der Waals surface area contributed by atoms with Gasteiger partial charge >= 0.3 is 0 Å². The molecule has 0 saturated heterocycles. The van der Waals surface area contributed by atoms with Crippen molar-refractivity contribution in [3.8, 4) is 24.3 Å². The van der Waals surface area contributed by atoms with Crippen LogP contribution in [-0.2, 0) is 17.6 Å². The summed E-state index contributed by atoms with van der Waals surface area (Å²) in [6, 6.07) is 18.6. The predicted molar refractivity (Wildman–Crippen MR) is 295 cm³/mol. The van der Waals surface area contributed by atoms with E-state index < -0.39 is 0 Å². The molecule has 0 unspecified atom stereocenters. The van der Waals surface area contributed by atoms with E-state index in [4.69, 9.17) is 4.74 Å². The van der Waals surface area contributed by atoms with Crippen molar-refractivity contribution in [3.05, 3.63) is 80.9 Å². The van der Waals surface area contributed by atoms with Crippen LogP contribution in [0.3, 0.4) is 0 Å². The monoisotopic (exact) mass is 959 g/mol. The number of benzene rings is 2. The number of unbranched alkanes of at least 4 members (excludes halogenated alkanes) is 8.